The van der Waals surface area contributed by atoms with Crippen molar-refractivity contribution in [3.05, 3.63) is 35.4 Å². The van der Waals surface area contributed by atoms with Crippen molar-refractivity contribution < 1.29 is 13.6 Å². The second-order valence-corrected chi connectivity index (χ2v) is 5.13. The lowest BCUT2D eigenvalue weighted by Gasteiger charge is -2.36. The van der Waals surface area contributed by atoms with Crippen LogP contribution in [0.5, 0.6) is 0 Å². The molecule has 1 fully saturated rings. The summed E-state index contributed by atoms with van der Waals surface area (Å²) in [6.07, 6.45) is 1.49. The van der Waals surface area contributed by atoms with Crippen molar-refractivity contribution in [2.75, 3.05) is 6.54 Å². The van der Waals surface area contributed by atoms with Crippen LogP contribution in [0.2, 0.25) is 0 Å². The lowest BCUT2D eigenvalue weighted by Crippen LogP contribution is -2.48. The van der Waals surface area contributed by atoms with Gasteiger partial charge in [0, 0.05) is 24.7 Å². The maximum Gasteiger partial charge on any atom is 0.227 e. The largest absolute Gasteiger partial charge is 0.340 e. The zero-order valence-electron chi connectivity index (χ0n) is 10.9. The number of carbonyl (C=O) groups is 1. The summed E-state index contributed by atoms with van der Waals surface area (Å²) in [6, 6.07) is 3.49. The Bertz CT molecular complexity index is 479. The fraction of sp³-hybridized carbons (Fsp3) is 0.500. The first-order valence-electron chi connectivity index (χ1n) is 6.46. The summed E-state index contributed by atoms with van der Waals surface area (Å²) in [5.74, 6) is -1.44. The van der Waals surface area contributed by atoms with Crippen molar-refractivity contribution in [2.45, 2.75) is 38.3 Å². The van der Waals surface area contributed by atoms with Crippen LogP contribution in [-0.2, 0) is 11.2 Å². The van der Waals surface area contributed by atoms with Gasteiger partial charge in [-0.1, -0.05) is 6.07 Å². The van der Waals surface area contributed by atoms with Crippen LogP contribution < -0.4 is 5.73 Å². The molecule has 0 bridgehead atoms. The molecule has 0 aliphatic carbocycles. The molecule has 0 radical (unpaired) electrons. The minimum Gasteiger partial charge on any atom is -0.340 e. The zero-order chi connectivity index (χ0) is 14.0. The molecule has 1 aliphatic rings. The average Bonchev–Trinajstić information content (AvgIpc) is 2.32. The number of piperidine rings is 1. The highest BCUT2D eigenvalue weighted by Gasteiger charge is 2.27. The van der Waals surface area contributed by atoms with E-state index in [9.17, 15) is 13.6 Å². The number of nitrogens with zero attached hydrogens (tertiary/aromatic N) is 1. The Kier molecular flexibility index (Phi) is 4.14. The Balaban J connectivity index is 2.04. The third-order valence-electron chi connectivity index (χ3n) is 3.59. The van der Waals surface area contributed by atoms with Crippen molar-refractivity contribution in [3.8, 4) is 0 Å². The number of benzene rings is 1. The van der Waals surface area contributed by atoms with Crippen molar-refractivity contribution in [3.63, 3.8) is 0 Å². The normalized spacial score (nSPS) is 23.5. The molecule has 1 aromatic rings. The molecule has 1 amide bonds. The number of rotatable bonds is 2. The van der Waals surface area contributed by atoms with Crippen LogP contribution in [0.3, 0.4) is 0 Å². The summed E-state index contributed by atoms with van der Waals surface area (Å²) < 4.78 is 26.3. The number of nitrogens with two attached hydrogens (primary N) is 1. The number of hydrogen-bond donors (Lipinski definition) is 1. The average molecular weight is 268 g/mol. The highest BCUT2D eigenvalue weighted by atomic mass is 19.1. The number of likely N-dealkylation sites (tertiary alicyclic amines) is 1. The first-order chi connectivity index (χ1) is 8.97. The van der Waals surface area contributed by atoms with Crippen molar-refractivity contribution in [2.24, 2.45) is 5.73 Å². The van der Waals surface area contributed by atoms with Gasteiger partial charge in [-0.15, -0.1) is 0 Å². The Morgan fingerprint density at radius 3 is 2.84 bits per heavy atom. The minimum absolute atomic E-state index is 0.0360. The van der Waals surface area contributed by atoms with E-state index in [1.54, 1.807) is 4.90 Å². The molecule has 1 aliphatic heterocycles. The molecule has 19 heavy (non-hydrogen) atoms. The van der Waals surface area contributed by atoms with Gasteiger partial charge >= 0.3 is 0 Å². The fourth-order valence-electron chi connectivity index (χ4n) is 2.51. The van der Waals surface area contributed by atoms with Crippen LogP contribution >= 0.6 is 0 Å². The third-order valence-corrected chi connectivity index (χ3v) is 3.59. The molecule has 2 unspecified atom stereocenters. The Hall–Kier alpha value is -1.49. The standard InChI is InChI=1S/C14H18F2N2O/c1-9-6-12(17)4-5-18(9)14(19)7-10-2-3-11(15)8-13(10)16/h2-3,8-9,12H,4-7,17H2,1H3. The summed E-state index contributed by atoms with van der Waals surface area (Å²) in [6.45, 7) is 2.54. The van der Waals surface area contributed by atoms with E-state index in [-0.39, 0.29) is 30.0 Å². The van der Waals surface area contributed by atoms with Crippen LogP contribution in [0.15, 0.2) is 18.2 Å². The molecule has 3 nitrogen and oxygen atoms in total. The van der Waals surface area contributed by atoms with E-state index in [1.807, 2.05) is 6.92 Å². The number of carbonyl (C=O) groups excluding carboxylic acids is 1. The molecule has 1 aromatic carbocycles. The van der Waals surface area contributed by atoms with E-state index in [1.165, 1.54) is 12.1 Å². The highest BCUT2D eigenvalue weighted by Crippen LogP contribution is 2.18. The smallest absolute Gasteiger partial charge is 0.227 e. The fourth-order valence-corrected chi connectivity index (χ4v) is 2.51. The van der Waals surface area contributed by atoms with Gasteiger partial charge in [-0.05, 0) is 31.4 Å². The van der Waals surface area contributed by atoms with Gasteiger partial charge in [-0.3, -0.25) is 4.79 Å². The Morgan fingerprint density at radius 1 is 1.47 bits per heavy atom. The van der Waals surface area contributed by atoms with Gasteiger partial charge < -0.3 is 10.6 Å². The van der Waals surface area contributed by atoms with Crippen LogP contribution in [0.25, 0.3) is 0 Å². The summed E-state index contributed by atoms with van der Waals surface area (Å²) >= 11 is 0. The number of amides is 1. The van der Waals surface area contributed by atoms with Gasteiger partial charge in [0.1, 0.15) is 11.6 Å². The SMILES string of the molecule is CC1CC(N)CCN1C(=O)Cc1ccc(F)cc1F. The van der Waals surface area contributed by atoms with E-state index in [0.29, 0.717) is 6.54 Å². The van der Waals surface area contributed by atoms with Crippen LogP contribution in [0.4, 0.5) is 8.78 Å². The van der Waals surface area contributed by atoms with E-state index < -0.39 is 11.6 Å². The van der Waals surface area contributed by atoms with Gasteiger partial charge in [0.05, 0.1) is 6.42 Å². The molecule has 2 atom stereocenters. The molecule has 2 N–H and O–H groups in total. The predicted octanol–water partition coefficient (Wildman–Crippen LogP) is 1.85. The molecule has 104 valence electrons. The number of hydrogen-bond acceptors (Lipinski definition) is 2. The summed E-state index contributed by atoms with van der Waals surface area (Å²) in [5.41, 5.74) is 6.07. The molecule has 5 heteroatoms. The molecule has 0 aromatic heterocycles. The van der Waals surface area contributed by atoms with Gasteiger partial charge in [0.2, 0.25) is 5.91 Å². The molecule has 1 heterocycles. The summed E-state index contributed by atoms with van der Waals surface area (Å²) in [4.78, 5) is 13.9. The first kappa shape index (κ1) is 13.9. The highest BCUT2D eigenvalue weighted by molar-refractivity contribution is 5.79. The van der Waals surface area contributed by atoms with Crippen LogP contribution in [-0.4, -0.2) is 29.4 Å². The van der Waals surface area contributed by atoms with Gasteiger partial charge in [0.25, 0.3) is 0 Å². The molecule has 2 rings (SSSR count). The molecule has 0 saturated carbocycles. The van der Waals surface area contributed by atoms with E-state index in [4.69, 9.17) is 5.73 Å². The Morgan fingerprint density at radius 2 is 2.21 bits per heavy atom. The van der Waals surface area contributed by atoms with E-state index in [2.05, 4.69) is 0 Å². The maximum absolute atomic E-state index is 13.5. The van der Waals surface area contributed by atoms with Gasteiger partial charge in [-0.2, -0.15) is 0 Å². The molecular weight excluding hydrogens is 250 g/mol. The summed E-state index contributed by atoms with van der Waals surface area (Å²) in [5, 5.41) is 0. The summed E-state index contributed by atoms with van der Waals surface area (Å²) in [7, 11) is 0. The third kappa shape index (κ3) is 3.29. The lowest BCUT2D eigenvalue weighted by molar-refractivity contribution is -0.133. The maximum atomic E-state index is 13.5. The zero-order valence-corrected chi connectivity index (χ0v) is 10.9. The topological polar surface area (TPSA) is 46.3 Å². The lowest BCUT2D eigenvalue weighted by atomic mass is 9.98. The molecule has 1 saturated heterocycles. The van der Waals surface area contributed by atoms with Gasteiger partial charge in [0.15, 0.2) is 0 Å². The second kappa shape index (κ2) is 5.65. The monoisotopic (exact) mass is 268 g/mol. The number of halogens is 2. The second-order valence-electron chi connectivity index (χ2n) is 5.13. The van der Waals surface area contributed by atoms with Crippen molar-refractivity contribution in [1.82, 2.24) is 4.90 Å². The molecule has 0 spiro atoms. The van der Waals surface area contributed by atoms with E-state index in [0.717, 1.165) is 18.9 Å². The van der Waals surface area contributed by atoms with Crippen LogP contribution in [0, 0.1) is 11.6 Å². The van der Waals surface area contributed by atoms with Crippen molar-refractivity contribution in [1.29, 1.82) is 0 Å². The Labute approximate surface area is 111 Å². The molecular formula is C14H18F2N2O. The quantitative estimate of drug-likeness (QED) is 0.889. The van der Waals surface area contributed by atoms with Crippen molar-refractivity contribution >= 4 is 5.91 Å². The first-order valence-corrected chi connectivity index (χ1v) is 6.46. The van der Waals surface area contributed by atoms with Gasteiger partial charge in [-0.25, -0.2) is 8.78 Å². The van der Waals surface area contributed by atoms with E-state index >= 15 is 0 Å². The minimum atomic E-state index is -0.672. The predicted molar refractivity (Wildman–Crippen MR) is 68.4 cm³/mol. The van der Waals surface area contributed by atoms with Crippen LogP contribution in [0.1, 0.15) is 25.3 Å².